The fraction of sp³-hybridized carbons (Fsp3) is 0.481. The van der Waals surface area contributed by atoms with Crippen LogP contribution in [-0.4, -0.2) is 33.0 Å². The van der Waals surface area contributed by atoms with Crippen molar-refractivity contribution < 1.29 is 28.5 Å². The van der Waals surface area contributed by atoms with Crippen LogP contribution in [0.15, 0.2) is 36.4 Å². The maximum Gasteiger partial charge on any atom is 0.513 e. The molecule has 1 aliphatic heterocycles. The van der Waals surface area contributed by atoms with E-state index in [0.29, 0.717) is 18.1 Å². The summed E-state index contributed by atoms with van der Waals surface area (Å²) in [7, 11) is 2.66. The molecule has 0 saturated carbocycles. The molecule has 2 aromatic carbocycles. The minimum Gasteiger partial charge on any atom is -0.492 e. The highest BCUT2D eigenvalue weighted by atomic mass is 16.7. The lowest BCUT2D eigenvalue weighted by Crippen LogP contribution is -2.37. The summed E-state index contributed by atoms with van der Waals surface area (Å²) in [6, 6.07) is 11.8. The molecular formula is C27H32O6. The largest absolute Gasteiger partial charge is 0.513 e. The molecule has 6 heteroatoms. The Morgan fingerprint density at radius 1 is 0.879 bits per heavy atom. The fourth-order valence-electron chi connectivity index (χ4n) is 5.19. The second kappa shape index (κ2) is 8.08. The van der Waals surface area contributed by atoms with Gasteiger partial charge in [-0.1, -0.05) is 52.0 Å². The van der Waals surface area contributed by atoms with Crippen molar-refractivity contribution in [1.82, 2.24) is 0 Å². The van der Waals surface area contributed by atoms with Gasteiger partial charge in [-0.05, 0) is 46.4 Å². The van der Waals surface area contributed by atoms with E-state index in [1.807, 2.05) is 6.07 Å². The van der Waals surface area contributed by atoms with E-state index in [1.165, 1.54) is 25.3 Å². The Morgan fingerprint density at radius 2 is 1.55 bits per heavy atom. The fourth-order valence-corrected chi connectivity index (χ4v) is 5.19. The average molecular weight is 453 g/mol. The lowest BCUT2D eigenvalue weighted by molar-refractivity contribution is -0.141. The van der Waals surface area contributed by atoms with E-state index in [4.69, 9.17) is 14.2 Å². The molecule has 2 aliphatic rings. The Labute approximate surface area is 195 Å². The lowest BCUT2D eigenvalue weighted by Gasteiger charge is -2.43. The number of rotatable bonds is 4. The van der Waals surface area contributed by atoms with Crippen LogP contribution in [0.2, 0.25) is 0 Å². The van der Waals surface area contributed by atoms with Gasteiger partial charge in [0.1, 0.15) is 18.1 Å². The molecule has 0 spiro atoms. The van der Waals surface area contributed by atoms with Crippen molar-refractivity contribution in [3.8, 4) is 11.5 Å². The maximum atomic E-state index is 12.6. The number of benzene rings is 2. The van der Waals surface area contributed by atoms with Crippen molar-refractivity contribution >= 4 is 12.1 Å². The first-order chi connectivity index (χ1) is 15.5. The molecule has 0 fully saturated rings. The molecule has 1 heterocycles. The number of hydrogen-bond donors (Lipinski definition) is 0. The first kappa shape index (κ1) is 23.1. The Balaban J connectivity index is 1.84. The van der Waals surface area contributed by atoms with E-state index >= 15 is 0 Å². The Morgan fingerprint density at radius 3 is 2.21 bits per heavy atom. The van der Waals surface area contributed by atoms with Crippen LogP contribution in [0.3, 0.4) is 0 Å². The van der Waals surface area contributed by atoms with Gasteiger partial charge in [0.15, 0.2) is 0 Å². The SMILES string of the molecule is COC(=O)CC1(c2ccc3c(c2)C(C)(C)CCC3(C)C)COc2cc(OC(=O)OC)ccc21. The van der Waals surface area contributed by atoms with Crippen molar-refractivity contribution in [2.45, 2.75) is 63.2 Å². The summed E-state index contributed by atoms with van der Waals surface area (Å²) in [5.41, 5.74) is 4.02. The summed E-state index contributed by atoms with van der Waals surface area (Å²) in [5.74, 6) is 0.596. The third kappa shape index (κ3) is 3.96. The minimum absolute atomic E-state index is 0.0355. The molecule has 0 N–H and O–H groups in total. The molecular weight excluding hydrogens is 420 g/mol. The average Bonchev–Trinajstić information content (AvgIpc) is 3.15. The second-order valence-corrected chi connectivity index (χ2v) is 10.4. The van der Waals surface area contributed by atoms with Gasteiger partial charge in [0.2, 0.25) is 0 Å². The van der Waals surface area contributed by atoms with Crippen LogP contribution in [0.4, 0.5) is 4.79 Å². The quantitative estimate of drug-likeness (QED) is 0.456. The van der Waals surface area contributed by atoms with Crippen LogP contribution in [0.25, 0.3) is 0 Å². The highest BCUT2D eigenvalue weighted by Crippen LogP contribution is 2.51. The summed E-state index contributed by atoms with van der Waals surface area (Å²) in [6.07, 6.45) is 1.58. The van der Waals surface area contributed by atoms with E-state index in [9.17, 15) is 9.59 Å². The third-order valence-electron chi connectivity index (χ3n) is 7.39. The van der Waals surface area contributed by atoms with E-state index in [1.54, 1.807) is 12.1 Å². The number of esters is 1. The maximum absolute atomic E-state index is 12.6. The zero-order valence-corrected chi connectivity index (χ0v) is 20.2. The molecule has 0 saturated heterocycles. The van der Waals surface area contributed by atoms with Gasteiger partial charge in [0, 0.05) is 11.6 Å². The first-order valence-corrected chi connectivity index (χ1v) is 11.3. The molecule has 0 bridgehead atoms. The van der Waals surface area contributed by atoms with Crippen molar-refractivity contribution in [2.24, 2.45) is 0 Å². The third-order valence-corrected chi connectivity index (χ3v) is 7.39. The van der Waals surface area contributed by atoms with Crippen molar-refractivity contribution in [3.63, 3.8) is 0 Å². The summed E-state index contributed by atoms with van der Waals surface area (Å²) in [4.78, 5) is 24.1. The summed E-state index contributed by atoms with van der Waals surface area (Å²) >= 11 is 0. The van der Waals surface area contributed by atoms with Gasteiger partial charge in [-0.2, -0.15) is 0 Å². The van der Waals surface area contributed by atoms with Gasteiger partial charge >= 0.3 is 12.1 Å². The van der Waals surface area contributed by atoms with E-state index < -0.39 is 11.6 Å². The number of hydrogen-bond acceptors (Lipinski definition) is 6. The number of methoxy groups -OCH3 is 2. The predicted octanol–water partition coefficient (Wildman–Crippen LogP) is 5.42. The molecule has 0 radical (unpaired) electrons. The van der Waals surface area contributed by atoms with Crippen LogP contribution >= 0.6 is 0 Å². The Bertz CT molecular complexity index is 1100. The van der Waals surface area contributed by atoms with Gasteiger partial charge < -0.3 is 18.9 Å². The van der Waals surface area contributed by atoms with Gasteiger partial charge in [-0.25, -0.2) is 4.79 Å². The first-order valence-electron chi connectivity index (χ1n) is 11.3. The second-order valence-electron chi connectivity index (χ2n) is 10.4. The van der Waals surface area contributed by atoms with E-state index in [0.717, 1.165) is 24.0 Å². The Kier molecular flexibility index (Phi) is 5.67. The molecule has 1 unspecified atom stereocenters. The van der Waals surface area contributed by atoms with Gasteiger partial charge in [0.05, 0.1) is 26.1 Å². The van der Waals surface area contributed by atoms with Crippen molar-refractivity contribution in [2.75, 3.05) is 20.8 Å². The van der Waals surface area contributed by atoms with Crippen molar-refractivity contribution in [1.29, 1.82) is 0 Å². The Hall–Kier alpha value is -3.02. The van der Waals surface area contributed by atoms with Crippen LogP contribution in [0.5, 0.6) is 11.5 Å². The van der Waals surface area contributed by atoms with Gasteiger partial charge in [-0.15, -0.1) is 0 Å². The molecule has 1 aliphatic carbocycles. The van der Waals surface area contributed by atoms with Gasteiger partial charge in [0.25, 0.3) is 0 Å². The van der Waals surface area contributed by atoms with Crippen LogP contribution in [-0.2, 0) is 30.5 Å². The molecule has 1 atom stereocenters. The standard InChI is InChI=1S/C27H32O6/c1-25(2)11-12-26(3,4)21-13-17(7-9-19(21)25)27(15-23(28)30-5)16-32-22-14-18(8-10-20(22)27)33-24(29)31-6/h7-10,13-14H,11-12,15-16H2,1-6H3. The number of carbonyl (C=O) groups excluding carboxylic acids is 2. The molecule has 0 amide bonds. The van der Waals surface area contributed by atoms with Crippen molar-refractivity contribution in [3.05, 3.63) is 58.7 Å². The summed E-state index contributed by atoms with van der Waals surface area (Å²) in [6.45, 7) is 9.45. The number of ether oxygens (including phenoxy) is 4. The van der Waals surface area contributed by atoms with Gasteiger partial charge in [-0.3, -0.25) is 4.79 Å². The molecule has 33 heavy (non-hydrogen) atoms. The zero-order chi connectivity index (χ0) is 24.0. The summed E-state index contributed by atoms with van der Waals surface area (Å²) in [5, 5.41) is 0. The lowest BCUT2D eigenvalue weighted by atomic mass is 9.61. The van der Waals surface area contributed by atoms with E-state index in [2.05, 4.69) is 50.6 Å². The van der Waals surface area contributed by atoms with Crippen LogP contribution in [0.1, 0.15) is 69.2 Å². The predicted molar refractivity (Wildman–Crippen MR) is 124 cm³/mol. The topological polar surface area (TPSA) is 71.1 Å². The molecule has 0 aromatic heterocycles. The number of carbonyl (C=O) groups is 2. The molecule has 2 aromatic rings. The summed E-state index contributed by atoms with van der Waals surface area (Å²) < 4.78 is 20.9. The normalized spacial score (nSPS) is 21.9. The molecule has 4 rings (SSSR count). The molecule has 6 nitrogen and oxygen atoms in total. The molecule has 176 valence electrons. The zero-order valence-electron chi connectivity index (χ0n) is 20.2. The van der Waals surface area contributed by atoms with E-state index in [-0.39, 0.29) is 23.2 Å². The van der Waals surface area contributed by atoms with Crippen LogP contribution < -0.4 is 9.47 Å². The minimum atomic E-state index is -0.798. The smallest absolute Gasteiger partial charge is 0.492 e. The highest BCUT2D eigenvalue weighted by molar-refractivity contribution is 5.74. The number of fused-ring (bicyclic) bond motifs is 2. The highest BCUT2D eigenvalue weighted by Gasteiger charge is 2.46. The van der Waals surface area contributed by atoms with Crippen LogP contribution in [0, 0.1) is 0 Å². The monoisotopic (exact) mass is 452 g/mol.